The van der Waals surface area contributed by atoms with Gasteiger partial charge in [-0.3, -0.25) is 0 Å². The minimum Gasteiger partial charge on any atom is -0.206 e. The highest BCUT2D eigenvalue weighted by Gasteiger charge is 2.22. The Kier molecular flexibility index (Phi) is 4.60. The van der Waals surface area contributed by atoms with Crippen LogP contribution in [0.25, 0.3) is 0 Å². The molecule has 0 aliphatic carbocycles. The molecule has 0 nitrogen and oxygen atoms in total. The van der Waals surface area contributed by atoms with Crippen LogP contribution in [-0.4, -0.2) is 12.5 Å². The first kappa shape index (κ1) is 15.0. The number of hydrogen-bond acceptors (Lipinski definition) is 0. The fourth-order valence-corrected chi connectivity index (χ4v) is 6.02. The van der Waals surface area contributed by atoms with E-state index < -0.39 is 0 Å². The number of rotatable bonds is 0. The quantitative estimate of drug-likeness (QED) is 0.643. The van der Waals surface area contributed by atoms with Gasteiger partial charge in [-0.25, -0.2) is 4.39 Å². The molecule has 21 heavy (non-hydrogen) atoms. The van der Waals surface area contributed by atoms with Crippen LogP contribution >= 0.6 is 0 Å². The molecule has 0 saturated heterocycles. The molecule has 0 fully saturated rings. The van der Waals surface area contributed by atoms with Gasteiger partial charge in [-0.15, -0.1) is 0 Å². The van der Waals surface area contributed by atoms with Gasteiger partial charge in [0.05, 0.1) is 12.5 Å². The van der Waals surface area contributed by atoms with Gasteiger partial charge in [0.15, 0.2) is 0 Å². The Morgan fingerprint density at radius 1 is 0.714 bits per heavy atom. The van der Waals surface area contributed by atoms with Crippen LogP contribution in [0.2, 0.25) is 0 Å². The number of fused-ring (bicyclic) bond motifs is 6. The molecule has 2 heterocycles. The summed E-state index contributed by atoms with van der Waals surface area (Å²) in [5, 5.41) is 0. The lowest BCUT2D eigenvalue weighted by molar-refractivity contribution is 0.606. The topological polar surface area (TPSA) is 0 Å². The van der Waals surface area contributed by atoms with Crippen molar-refractivity contribution in [2.75, 3.05) is 12.5 Å². The minimum absolute atomic E-state index is 0.0405. The zero-order valence-electron chi connectivity index (χ0n) is 12.6. The van der Waals surface area contributed by atoms with Crippen LogP contribution in [0, 0.1) is 5.82 Å². The molecule has 2 aliphatic heterocycles. The van der Waals surface area contributed by atoms with Crippen LogP contribution in [0.3, 0.4) is 0 Å². The smallest absolute Gasteiger partial charge is 0.138 e. The van der Waals surface area contributed by atoms with E-state index in [0.29, 0.717) is 0 Å². The van der Waals surface area contributed by atoms with E-state index >= 15 is 0 Å². The summed E-state index contributed by atoms with van der Waals surface area (Å²) < 4.78 is 14.7. The van der Waals surface area contributed by atoms with Crippen LogP contribution < -0.4 is 0 Å². The van der Waals surface area contributed by atoms with Crippen molar-refractivity contribution in [3.8, 4) is 0 Å². The van der Waals surface area contributed by atoms with Crippen LogP contribution in [0.1, 0.15) is 22.3 Å². The molecule has 2 aromatic rings. The Labute approximate surface area is 132 Å². The SMILES string of the molecule is C[S+]1Cc2ccc(cc2)C[S+](C)Cc2cccc(c2F)C1. The van der Waals surface area contributed by atoms with Crippen molar-refractivity contribution >= 4 is 21.8 Å². The summed E-state index contributed by atoms with van der Waals surface area (Å²) in [4.78, 5) is 0. The van der Waals surface area contributed by atoms with E-state index in [1.54, 1.807) is 0 Å². The molecular weight excluding hydrogens is 299 g/mol. The maximum atomic E-state index is 14.7. The predicted octanol–water partition coefficient (Wildman–Crippen LogP) is 4.04. The summed E-state index contributed by atoms with van der Waals surface area (Å²) in [7, 11) is 0.350. The third kappa shape index (κ3) is 3.64. The molecule has 2 aliphatic rings. The molecule has 3 heteroatoms. The largest absolute Gasteiger partial charge is 0.206 e. The second kappa shape index (κ2) is 6.45. The highest BCUT2D eigenvalue weighted by atomic mass is 32.2. The monoisotopic (exact) mass is 320 g/mol. The van der Waals surface area contributed by atoms with Crippen molar-refractivity contribution in [1.29, 1.82) is 0 Å². The van der Waals surface area contributed by atoms with Crippen molar-refractivity contribution in [1.82, 2.24) is 0 Å². The summed E-state index contributed by atoms with van der Waals surface area (Å²) >= 11 is 0. The van der Waals surface area contributed by atoms with E-state index in [9.17, 15) is 4.39 Å². The Bertz CT molecular complexity index is 570. The van der Waals surface area contributed by atoms with Gasteiger partial charge in [0.25, 0.3) is 0 Å². The second-order valence-electron chi connectivity index (χ2n) is 5.85. The minimum atomic E-state index is 0.0405. The summed E-state index contributed by atoms with van der Waals surface area (Å²) in [5.41, 5.74) is 4.53. The first-order valence-electron chi connectivity index (χ1n) is 7.14. The fraction of sp³-hybridized carbons (Fsp3) is 0.333. The normalized spacial score (nSPS) is 22.2. The second-order valence-corrected chi connectivity index (χ2v) is 10.1. The number of hydrogen-bond donors (Lipinski definition) is 0. The van der Waals surface area contributed by atoms with Gasteiger partial charge in [-0.1, -0.05) is 42.5 Å². The molecule has 0 aromatic heterocycles. The lowest BCUT2D eigenvalue weighted by Crippen LogP contribution is -2.10. The third-order valence-electron chi connectivity index (χ3n) is 3.81. The molecule has 0 spiro atoms. The van der Waals surface area contributed by atoms with Gasteiger partial charge in [-0.2, -0.15) is 0 Å². The van der Waals surface area contributed by atoms with E-state index in [1.165, 1.54) is 11.1 Å². The van der Waals surface area contributed by atoms with Crippen molar-refractivity contribution < 1.29 is 4.39 Å². The average molecular weight is 320 g/mol. The molecular formula is C18H21FS2+2. The van der Waals surface area contributed by atoms with Gasteiger partial charge >= 0.3 is 0 Å². The van der Waals surface area contributed by atoms with Gasteiger partial charge < -0.3 is 0 Å². The van der Waals surface area contributed by atoms with E-state index in [-0.39, 0.29) is 27.6 Å². The summed E-state index contributed by atoms with van der Waals surface area (Å²) in [6, 6.07) is 14.9. The lowest BCUT2D eigenvalue weighted by Gasteiger charge is -2.08. The molecule has 2 atom stereocenters. The molecule has 0 N–H and O–H groups in total. The van der Waals surface area contributed by atoms with Crippen LogP contribution in [-0.2, 0) is 44.8 Å². The number of benzene rings is 2. The molecule has 2 aromatic carbocycles. The van der Waals surface area contributed by atoms with E-state index in [1.807, 2.05) is 18.2 Å². The maximum Gasteiger partial charge on any atom is 0.138 e. The molecule has 0 radical (unpaired) electrons. The highest BCUT2D eigenvalue weighted by Crippen LogP contribution is 2.23. The third-order valence-corrected chi connectivity index (χ3v) is 7.07. The Morgan fingerprint density at radius 3 is 1.57 bits per heavy atom. The average Bonchev–Trinajstić information content (AvgIpc) is 2.45. The standard InChI is InChI=1S/C18H21FS2/c1-20-10-14-6-8-15(9-7-14)11-21(2)13-17-5-3-4-16(12-20)18(17)19/h3-9H,10-13H2,1-2H3/q+2. The summed E-state index contributed by atoms with van der Waals surface area (Å²) in [6.07, 6.45) is 4.48. The molecule has 2 unspecified atom stereocenters. The van der Waals surface area contributed by atoms with Gasteiger partial charge in [0.1, 0.15) is 28.8 Å². The van der Waals surface area contributed by atoms with Gasteiger partial charge in [0.2, 0.25) is 0 Å². The van der Waals surface area contributed by atoms with Crippen molar-refractivity contribution in [3.05, 3.63) is 70.5 Å². The first-order chi connectivity index (χ1) is 10.1. The van der Waals surface area contributed by atoms with E-state index in [2.05, 4.69) is 36.8 Å². The summed E-state index contributed by atoms with van der Waals surface area (Å²) in [5.74, 6) is 3.82. The fourth-order valence-electron chi connectivity index (χ4n) is 2.79. The van der Waals surface area contributed by atoms with Gasteiger partial charge in [-0.05, 0) is 21.8 Å². The lowest BCUT2D eigenvalue weighted by atomic mass is 10.1. The zero-order valence-corrected chi connectivity index (χ0v) is 14.2. The summed E-state index contributed by atoms with van der Waals surface area (Å²) in [6.45, 7) is 0. The molecule has 110 valence electrons. The van der Waals surface area contributed by atoms with Crippen molar-refractivity contribution in [2.45, 2.75) is 23.0 Å². The molecule has 0 amide bonds. The predicted molar refractivity (Wildman–Crippen MR) is 94.2 cm³/mol. The van der Waals surface area contributed by atoms with Crippen LogP contribution in [0.5, 0.6) is 0 Å². The Hall–Kier alpha value is -0.930. The van der Waals surface area contributed by atoms with Crippen LogP contribution in [0.15, 0.2) is 42.5 Å². The molecule has 4 bridgehead atoms. The van der Waals surface area contributed by atoms with Crippen molar-refractivity contribution in [3.63, 3.8) is 0 Å². The van der Waals surface area contributed by atoms with E-state index in [0.717, 1.165) is 34.1 Å². The first-order valence-corrected chi connectivity index (χ1v) is 11.1. The Morgan fingerprint density at radius 2 is 1.14 bits per heavy atom. The molecule has 0 saturated carbocycles. The molecule has 4 rings (SSSR count). The van der Waals surface area contributed by atoms with E-state index in [4.69, 9.17) is 0 Å². The number of halogens is 1. The maximum absolute atomic E-state index is 14.7. The highest BCUT2D eigenvalue weighted by molar-refractivity contribution is 7.95. The van der Waals surface area contributed by atoms with Gasteiger partial charge in [0, 0.05) is 22.3 Å². The van der Waals surface area contributed by atoms with Crippen LogP contribution in [0.4, 0.5) is 4.39 Å². The zero-order chi connectivity index (χ0) is 14.8. The Balaban J connectivity index is 1.98. The van der Waals surface area contributed by atoms with Crippen molar-refractivity contribution in [2.24, 2.45) is 0 Å².